The van der Waals surface area contributed by atoms with Crippen LogP contribution in [-0.2, 0) is 0 Å². The first kappa shape index (κ1) is 7.91. The predicted molar refractivity (Wildman–Crippen MR) is 59.6 cm³/mol. The van der Waals surface area contributed by atoms with Gasteiger partial charge in [-0.3, -0.25) is 0 Å². The molecule has 0 atom stereocenters. The lowest BCUT2D eigenvalue weighted by atomic mass is 10.4. The minimum absolute atomic E-state index is 0.0680. The molecule has 0 saturated heterocycles. The molecule has 0 aliphatic heterocycles. The smallest absolute Gasteiger partial charge is 0.0992 e. The summed E-state index contributed by atoms with van der Waals surface area (Å²) in [6.45, 7) is 2.12. The van der Waals surface area contributed by atoms with Crippen molar-refractivity contribution >= 4 is 30.3 Å². The van der Waals surface area contributed by atoms with Crippen LogP contribution >= 0.6 is 20.7 Å². The van der Waals surface area contributed by atoms with Gasteiger partial charge in [-0.2, -0.15) is 0 Å². The van der Waals surface area contributed by atoms with Crippen LogP contribution in [0.1, 0.15) is 6.92 Å². The van der Waals surface area contributed by atoms with Crippen LogP contribution < -0.4 is 0 Å². The van der Waals surface area contributed by atoms with Crippen LogP contribution in [-0.4, -0.2) is 13.4 Å². The molecule has 0 aromatic carbocycles. The number of imidazole rings is 1. The molecular formula is C9H9IN2. The fourth-order valence-corrected chi connectivity index (χ4v) is 2.95. The van der Waals surface area contributed by atoms with Gasteiger partial charge in [0.15, 0.2) is 0 Å². The maximum absolute atomic E-state index is 4.11. The molecule has 2 aromatic heterocycles. The van der Waals surface area contributed by atoms with E-state index in [-0.39, 0.29) is 20.7 Å². The van der Waals surface area contributed by atoms with Crippen molar-refractivity contribution in [1.29, 1.82) is 0 Å². The lowest BCUT2D eigenvalue weighted by molar-refractivity contribution is 1.15. The Morgan fingerprint density at radius 3 is 3.33 bits per heavy atom. The Hall–Kier alpha value is -0.710. The van der Waals surface area contributed by atoms with Gasteiger partial charge < -0.3 is 4.40 Å². The van der Waals surface area contributed by atoms with E-state index in [0.29, 0.717) is 0 Å². The normalized spacial score (nSPS) is 12.1. The Labute approximate surface area is 81.0 Å². The van der Waals surface area contributed by atoms with E-state index in [2.05, 4.69) is 32.5 Å². The van der Waals surface area contributed by atoms with Crippen LogP contribution in [0, 0.1) is 3.57 Å². The predicted octanol–water partition coefficient (Wildman–Crippen LogP) is 2.30. The highest BCUT2D eigenvalue weighted by atomic mass is 127. The Morgan fingerprint density at radius 2 is 2.50 bits per heavy atom. The summed E-state index contributed by atoms with van der Waals surface area (Å²) in [7, 11) is 0. The third-order valence-corrected chi connectivity index (χ3v) is 3.83. The number of aromatic nitrogens is 2. The Morgan fingerprint density at radius 1 is 1.58 bits per heavy atom. The van der Waals surface area contributed by atoms with Gasteiger partial charge in [0.1, 0.15) is 0 Å². The number of halogens is 1. The summed E-state index contributed by atoms with van der Waals surface area (Å²) in [6.07, 6.45) is 5.81. The second kappa shape index (κ2) is 3.35. The molecule has 0 bridgehead atoms. The van der Waals surface area contributed by atoms with Gasteiger partial charge in [0.25, 0.3) is 0 Å². The first-order chi connectivity index (χ1) is 5.92. The maximum atomic E-state index is 4.11. The Balaban J connectivity index is 2.73. The summed E-state index contributed by atoms with van der Waals surface area (Å²) in [5, 5.41) is 0. The minimum Gasteiger partial charge on any atom is -0.305 e. The van der Waals surface area contributed by atoms with Gasteiger partial charge >= 0.3 is 0 Å². The molecule has 0 spiro atoms. The number of nitrogens with zero attached hydrogens (tertiary/aromatic N) is 2. The van der Waals surface area contributed by atoms with Crippen LogP contribution in [0.5, 0.6) is 0 Å². The highest BCUT2D eigenvalue weighted by Crippen LogP contribution is 2.16. The van der Waals surface area contributed by atoms with E-state index in [1.807, 2.05) is 18.7 Å². The molecule has 0 N–H and O–H groups in total. The van der Waals surface area contributed by atoms with Gasteiger partial charge in [-0.1, -0.05) is 24.7 Å². The monoisotopic (exact) mass is 272 g/mol. The highest BCUT2D eigenvalue weighted by molar-refractivity contribution is 14.2. The van der Waals surface area contributed by atoms with Gasteiger partial charge in [0, 0.05) is 9.77 Å². The van der Waals surface area contributed by atoms with E-state index in [9.17, 15) is 0 Å². The van der Waals surface area contributed by atoms with E-state index in [4.69, 9.17) is 0 Å². The van der Waals surface area contributed by atoms with Crippen molar-refractivity contribution in [3.05, 3.63) is 34.4 Å². The zero-order chi connectivity index (χ0) is 8.39. The van der Waals surface area contributed by atoms with E-state index in [1.165, 1.54) is 9.09 Å². The van der Waals surface area contributed by atoms with E-state index >= 15 is 0 Å². The molecule has 62 valence electrons. The fourth-order valence-electron chi connectivity index (χ4n) is 1.12. The van der Waals surface area contributed by atoms with E-state index < -0.39 is 0 Å². The summed E-state index contributed by atoms with van der Waals surface area (Å²) < 4.78 is 5.77. The Bertz CT molecular complexity index is 417. The summed E-state index contributed by atoms with van der Waals surface area (Å²) in [5.41, 5.74) is 1.25. The second-order valence-corrected chi connectivity index (χ2v) is 5.40. The van der Waals surface area contributed by atoms with Crippen molar-refractivity contribution in [2.45, 2.75) is 6.92 Å². The van der Waals surface area contributed by atoms with Crippen molar-refractivity contribution in [2.24, 2.45) is 0 Å². The fraction of sp³-hybridized carbons (Fsp3) is 0.111. The quantitative estimate of drug-likeness (QED) is 0.728. The zero-order valence-corrected chi connectivity index (χ0v) is 8.89. The molecule has 2 heterocycles. The molecule has 3 heteroatoms. The first-order valence-electron chi connectivity index (χ1n) is 3.73. The van der Waals surface area contributed by atoms with Gasteiger partial charge in [0.05, 0.1) is 18.0 Å². The number of hydrogen-bond acceptors (Lipinski definition) is 1. The van der Waals surface area contributed by atoms with Crippen LogP contribution in [0.25, 0.3) is 5.52 Å². The third kappa shape index (κ3) is 1.29. The number of hydrogen-bond donors (Lipinski definition) is 0. The third-order valence-electron chi connectivity index (χ3n) is 1.63. The van der Waals surface area contributed by atoms with Crippen molar-refractivity contribution in [3.63, 3.8) is 0 Å². The number of rotatable bonds is 1. The van der Waals surface area contributed by atoms with Gasteiger partial charge in [0.2, 0.25) is 0 Å². The molecule has 0 aliphatic rings. The zero-order valence-electron chi connectivity index (χ0n) is 6.74. The summed E-state index contributed by atoms with van der Waals surface area (Å²) >= 11 is 0.0680. The van der Waals surface area contributed by atoms with Crippen LogP contribution in [0.15, 0.2) is 30.9 Å². The average Bonchev–Trinajstić information content (AvgIpc) is 2.53. The van der Waals surface area contributed by atoms with Crippen molar-refractivity contribution < 1.29 is 0 Å². The van der Waals surface area contributed by atoms with Crippen molar-refractivity contribution in [3.8, 4) is 0 Å². The number of pyridine rings is 1. The lowest BCUT2D eigenvalue weighted by Crippen LogP contribution is -1.82. The molecule has 2 nitrogen and oxygen atoms in total. The molecule has 0 aliphatic carbocycles. The van der Waals surface area contributed by atoms with Crippen LogP contribution in [0.3, 0.4) is 0 Å². The standard InChI is InChI=1S/C9H9IN2/c1-2-10-8-4-3-5-12-7-11-6-9(8)12/h2-7H,1H3. The summed E-state index contributed by atoms with van der Waals surface area (Å²) in [4.78, 5) is 4.11. The second-order valence-electron chi connectivity index (χ2n) is 2.37. The van der Waals surface area contributed by atoms with Crippen molar-refractivity contribution in [1.82, 2.24) is 9.38 Å². The SMILES string of the molecule is CC=Ic1cccn2cncc12. The molecule has 0 radical (unpaired) electrons. The molecule has 0 saturated carbocycles. The van der Waals surface area contributed by atoms with Gasteiger partial charge in [-0.15, -0.1) is 0 Å². The van der Waals surface area contributed by atoms with Gasteiger partial charge in [-0.25, -0.2) is 4.98 Å². The highest BCUT2D eigenvalue weighted by Gasteiger charge is 1.96. The lowest BCUT2D eigenvalue weighted by Gasteiger charge is -1.95. The molecule has 12 heavy (non-hydrogen) atoms. The van der Waals surface area contributed by atoms with Gasteiger partial charge in [-0.05, 0) is 19.1 Å². The average molecular weight is 272 g/mol. The minimum atomic E-state index is 0.0680. The van der Waals surface area contributed by atoms with Crippen LogP contribution in [0.4, 0.5) is 0 Å². The largest absolute Gasteiger partial charge is 0.305 e. The van der Waals surface area contributed by atoms with Crippen molar-refractivity contribution in [2.75, 3.05) is 0 Å². The summed E-state index contributed by atoms with van der Waals surface area (Å²) in [6, 6.07) is 4.26. The molecule has 0 fully saturated rings. The van der Waals surface area contributed by atoms with E-state index in [1.54, 1.807) is 0 Å². The van der Waals surface area contributed by atoms with E-state index in [0.717, 1.165) is 0 Å². The Kier molecular flexibility index (Phi) is 2.21. The van der Waals surface area contributed by atoms with Crippen LogP contribution in [0.2, 0.25) is 0 Å². The number of fused-ring (bicyclic) bond motifs is 1. The molecule has 2 rings (SSSR count). The molecule has 2 aromatic rings. The topological polar surface area (TPSA) is 17.3 Å². The molecule has 0 amide bonds. The summed E-state index contributed by atoms with van der Waals surface area (Å²) in [5.74, 6) is 0. The molecule has 0 unspecified atom stereocenters. The molecular weight excluding hydrogens is 263 g/mol. The first-order valence-corrected chi connectivity index (χ1v) is 6.06. The maximum Gasteiger partial charge on any atom is 0.0992 e.